The van der Waals surface area contributed by atoms with Crippen molar-refractivity contribution in [1.82, 2.24) is 10.6 Å². The summed E-state index contributed by atoms with van der Waals surface area (Å²) in [6, 6.07) is 21.4. The molecule has 0 bridgehead atoms. The smallest absolute Gasteiger partial charge is 0.323 e. The van der Waals surface area contributed by atoms with Gasteiger partial charge in [0.05, 0.1) is 13.1 Å². The zero-order valence-electron chi connectivity index (χ0n) is 19.8. The largest absolute Gasteiger partial charge is 0.368 e. The second kappa shape index (κ2) is 12.8. The molecule has 9 nitrogen and oxygen atoms in total. The van der Waals surface area contributed by atoms with Crippen LogP contribution in [0.4, 0.5) is 21.9 Å². The molecular formula is C26H27Cl2N7O2. The Labute approximate surface area is 227 Å². The molecule has 0 unspecified atom stereocenters. The average molecular weight is 540 g/mol. The van der Waals surface area contributed by atoms with Crippen LogP contribution in [-0.4, -0.2) is 49.8 Å². The first-order valence-corrected chi connectivity index (χ1v) is 11.4. The molecule has 3 aromatic rings. The third-order valence-corrected chi connectivity index (χ3v) is 5.59. The molecule has 2 aliphatic heterocycles. The highest BCUT2D eigenvalue weighted by Crippen LogP contribution is 2.16. The van der Waals surface area contributed by atoms with Crippen molar-refractivity contribution < 1.29 is 9.59 Å². The first-order valence-electron chi connectivity index (χ1n) is 11.4. The molecule has 5 rings (SSSR count). The summed E-state index contributed by atoms with van der Waals surface area (Å²) in [5.74, 6) is 1.52. The molecule has 0 spiro atoms. The highest BCUT2D eigenvalue weighted by Gasteiger charge is 2.11. The normalized spacial score (nSPS) is 13.5. The van der Waals surface area contributed by atoms with Crippen LogP contribution in [0.2, 0.25) is 0 Å². The van der Waals surface area contributed by atoms with Crippen molar-refractivity contribution >= 4 is 65.5 Å². The molecule has 2 heterocycles. The number of halogens is 2. The number of amides is 3. The second-order valence-corrected chi connectivity index (χ2v) is 8.08. The van der Waals surface area contributed by atoms with Crippen LogP contribution in [0.15, 0.2) is 82.8 Å². The van der Waals surface area contributed by atoms with Crippen molar-refractivity contribution in [2.75, 3.05) is 42.1 Å². The summed E-state index contributed by atoms with van der Waals surface area (Å²) in [5, 5.41) is 14.9. The lowest BCUT2D eigenvalue weighted by atomic mass is 10.1. The van der Waals surface area contributed by atoms with Crippen LogP contribution in [0.3, 0.4) is 0 Å². The number of nitrogens with zero attached hydrogens (tertiary/aromatic N) is 2. The predicted molar refractivity (Wildman–Crippen MR) is 153 cm³/mol. The molecular weight excluding hydrogens is 513 g/mol. The molecule has 3 amide bonds. The van der Waals surface area contributed by atoms with Gasteiger partial charge in [0.1, 0.15) is 11.7 Å². The predicted octanol–water partition coefficient (Wildman–Crippen LogP) is 4.13. The highest BCUT2D eigenvalue weighted by molar-refractivity contribution is 6.06. The zero-order chi connectivity index (χ0) is 24.0. The maximum Gasteiger partial charge on any atom is 0.323 e. The molecule has 192 valence electrons. The summed E-state index contributed by atoms with van der Waals surface area (Å²) in [4.78, 5) is 33.7. The van der Waals surface area contributed by atoms with E-state index < -0.39 is 0 Å². The van der Waals surface area contributed by atoms with E-state index in [2.05, 4.69) is 36.6 Å². The van der Waals surface area contributed by atoms with E-state index in [1.165, 1.54) is 0 Å². The molecule has 3 aromatic carbocycles. The number of benzene rings is 3. The van der Waals surface area contributed by atoms with Crippen molar-refractivity contribution in [3.63, 3.8) is 0 Å². The quantitative estimate of drug-likeness (QED) is 0.323. The van der Waals surface area contributed by atoms with Gasteiger partial charge in [0.2, 0.25) is 0 Å². The van der Waals surface area contributed by atoms with Gasteiger partial charge in [-0.25, -0.2) is 4.79 Å². The van der Waals surface area contributed by atoms with E-state index in [1.54, 1.807) is 24.3 Å². The van der Waals surface area contributed by atoms with E-state index in [4.69, 9.17) is 0 Å². The Bertz CT molecular complexity index is 1290. The van der Waals surface area contributed by atoms with Gasteiger partial charge in [-0.2, -0.15) is 0 Å². The van der Waals surface area contributed by atoms with Crippen molar-refractivity contribution in [3.05, 3.63) is 89.5 Å². The minimum absolute atomic E-state index is 0. The van der Waals surface area contributed by atoms with Gasteiger partial charge in [-0.05, 0) is 72.8 Å². The van der Waals surface area contributed by atoms with Crippen LogP contribution in [0.1, 0.15) is 21.5 Å². The fourth-order valence-corrected chi connectivity index (χ4v) is 3.81. The lowest BCUT2D eigenvalue weighted by Gasteiger charge is -2.10. The molecule has 0 atom stereocenters. The molecule has 37 heavy (non-hydrogen) atoms. The number of carbonyl (C=O) groups is 2. The van der Waals surface area contributed by atoms with Crippen molar-refractivity contribution in [2.45, 2.75) is 0 Å². The van der Waals surface area contributed by atoms with Crippen LogP contribution < -0.4 is 26.6 Å². The van der Waals surface area contributed by atoms with Crippen molar-refractivity contribution in [1.29, 1.82) is 0 Å². The fraction of sp³-hybridized carbons (Fsp3) is 0.154. The molecule has 0 radical (unpaired) electrons. The Morgan fingerprint density at radius 1 is 0.595 bits per heavy atom. The number of hydrogen-bond donors (Lipinski definition) is 5. The van der Waals surface area contributed by atoms with Crippen molar-refractivity contribution in [2.24, 2.45) is 9.98 Å². The lowest BCUT2D eigenvalue weighted by Crippen LogP contribution is -2.21. The summed E-state index contributed by atoms with van der Waals surface area (Å²) in [5.41, 5.74) is 4.41. The van der Waals surface area contributed by atoms with E-state index in [-0.39, 0.29) is 36.8 Å². The third kappa shape index (κ3) is 6.99. The fourth-order valence-electron chi connectivity index (χ4n) is 3.81. The molecule has 11 heteroatoms. The van der Waals surface area contributed by atoms with Gasteiger partial charge in [-0.15, -0.1) is 24.8 Å². The molecule has 0 saturated carbocycles. The minimum Gasteiger partial charge on any atom is -0.368 e. The number of carbonyl (C=O) groups excluding carboxylic acids is 2. The van der Waals surface area contributed by atoms with E-state index in [1.807, 2.05) is 48.5 Å². The maximum atomic E-state index is 12.6. The van der Waals surface area contributed by atoms with E-state index in [0.29, 0.717) is 22.6 Å². The Hall–Kier alpha value is -4.08. The lowest BCUT2D eigenvalue weighted by molar-refractivity contribution is 0.102. The Morgan fingerprint density at radius 3 is 1.41 bits per heavy atom. The number of hydrogen-bond acceptors (Lipinski definition) is 6. The van der Waals surface area contributed by atoms with E-state index >= 15 is 0 Å². The third-order valence-electron chi connectivity index (χ3n) is 5.59. The maximum absolute atomic E-state index is 12.6. The van der Waals surface area contributed by atoms with E-state index in [9.17, 15) is 9.59 Å². The Morgan fingerprint density at radius 2 is 1.00 bits per heavy atom. The van der Waals surface area contributed by atoms with Gasteiger partial charge in [-0.3, -0.25) is 14.8 Å². The Balaban J connectivity index is 0.00000190. The molecule has 5 N–H and O–H groups in total. The number of urea groups is 1. The Kier molecular flexibility index (Phi) is 9.48. The first-order chi connectivity index (χ1) is 17.1. The number of nitrogens with one attached hydrogen (secondary N) is 5. The van der Waals surface area contributed by atoms with E-state index in [0.717, 1.165) is 49.0 Å². The zero-order valence-corrected chi connectivity index (χ0v) is 21.4. The molecule has 0 saturated heterocycles. The average Bonchev–Trinajstić information content (AvgIpc) is 3.60. The molecule has 2 aliphatic rings. The summed E-state index contributed by atoms with van der Waals surface area (Å²) >= 11 is 0. The summed E-state index contributed by atoms with van der Waals surface area (Å²) in [6.07, 6.45) is 0. The summed E-state index contributed by atoms with van der Waals surface area (Å²) in [6.45, 7) is 3.25. The monoisotopic (exact) mass is 539 g/mol. The van der Waals surface area contributed by atoms with Crippen LogP contribution >= 0.6 is 24.8 Å². The van der Waals surface area contributed by atoms with Gasteiger partial charge in [-0.1, -0.05) is 0 Å². The van der Waals surface area contributed by atoms with Gasteiger partial charge in [0.15, 0.2) is 0 Å². The number of anilines is 3. The van der Waals surface area contributed by atoms with Gasteiger partial charge in [0, 0.05) is 46.8 Å². The van der Waals surface area contributed by atoms with Gasteiger partial charge < -0.3 is 26.6 Å². The second-order valence-electron chi connectivity index (χ2n) is 8.08. The number of rotatable bonds is 6. The SMILES string of the molecule is Cl.Cl.O=C(Nc1ccc(C(=O)Nc2ccc(C3=NCCN3)cc2)cc1)Nc1ccc(C2=NCCN2)cc1. The van der Waals surface area contributed by atoms with Crippen LogP contribution in [0.25, 0.3) is 0 Å². The molecule has 0 fully saturated rings. The molecule has 0 aliphatic carbocycles. The van der Waals surface area contributed by atoms with Crippen LogP contribution in [-0.2, 0) is 0 Å². The highest BCUT2D eigenvalue weighted by atomic mass is 35.5. The first kappa shape index (κ1) is 27.5. The van der Waals surface area contributed by atoms with Crippen molar-refractivity contribution in [3.8, 4) is 0 Å². The number of amidine groups is 2. The summed E-state index contributed by atoms with van der Waals surface area (Å²) in [7, 11) is 0. The van der Waals surface area contributed by atoms with Gasteiger partial charge >= 0.3 is 6.03 Å². The van der Waals surface area contributed by atoms with Crippen LogP contribution in [0, 0.1) is 0 Å². The standard InChI is InChI=1S/C26H25N7O2.2ClH/c34-25(31-20-7-1-17(2-8-20)23-27-13-14-28-23)19-5-11-22(12-6-19)33-26(35)32-21-9-3-18(4-10-21)24-29-15-16-30-24;;/h1-12H,13-16H2,(H,27,28)(H,29,30)(H,31,34)(H2,32,33,35);2*1H. The minimum atomic E-state index is -0.368. The summed E-state index contributed by atoms with van der Waals surface area (Å²) < 4.78 is 0. The van der Waals surface area contributed by atoms with Gasteiger partial charge in [0.25, 0.3) is 5.91 Å². The topological polar surface area (TPSA) is 119 Å². The number of aliphatic imine (C=N–C) groups is 2. The van der Waals surface area contributed by atoms with Crippen LogP contribution in [0.5, 0.6) is 0 Å². The molecule has 0 aromatic heterocycles.